The molecule has 1 atom stereocenters. The average Bonchev–Trinajstić information content (AvgIpc) is 3.04. The number of hydrogen-bond donors (Lipinski definition) is 1. The van der Waals surface area contributed by atoms with Crippen LogP contribution in [-0.2, 0) is 0 Å². The Kier molecular flexibility index (Phi) is 1.82. The van der Waals surface area contributed by atoms with Crippen LogP contribution in [0.15, 0.2) is 9.98 Å². The van der Waals surface area contributed by atoms with E-state index in [2.05, 4.69) is 9.98 Å². The third kappa shape index (κ3) is 1.42. The van der Waals surface area contributed by atoms with Crippen LogP contribution in [0.3, 0.4) is 0 Å². The molecule has 4 nitrogen and oxygen atoms in total. The molecule has 2 aliphatic carbocycles. The number of hydrogen-bond acceptors (Lipinski definition) is 4. The summed E-state index contributed by atoms with van der Waals surface area (Å²) in [5, 5.41) is 1.51. The Balaban J connectivity index is 1.88. The highest BCUT2D eigenvalue weighted by Crippen LogP contribution is 2.37. The van der Waals surface area contributed by atoms with Gasteiger partial charge < -0.3 is 0 Å². The molecule has 1 unspecified atom stereocenters. The molecule has 0 amide bonds. The number of aliphatic imine (C=N–C) groups is 2. The lowest BCUT2D eigenvalue weighted by atomic mass is 10.3. The summed E-state index contributed by atoms with van der Waals surface area (Å²) in [4.78, 5) is 8.80. The van der Waals surface area contributed by atoms with Crippen molar-refractivity contribution in [1.82, 2.24) is 5.01 Å². The molecule has 5 heteroatoms. The Morgan fingerprint density at radius 1 is 1.21 bits per heavy atom. The number of amidine groups is 2. The molecule has 0 radical (unpaired) electrons. The molecular weight excluding hydrogens is 200 g/mol. The number of alkyl halides is 1. The summed E-state index contributed by atoms with van der Waals surface area (Å²) < 4.78 is 0. The smallest absolute Gasteiger partial charge is 0.213 e. The maximum absolute atomic E-state index is 6.03. The van der Waals surface area contributed by atoms with E-state index < -0.39 is 5.62 Å². The van der Waals surface area contributed by atoms with Crippen LogP contribution in [0.4, 0.5) is 0 Å². The predicted octanol–water partition coefficient (Wildman–Crippen LogP) is 1.32. The molecule has 0 aromatic rings. The van der Waals surface area contributed by atoms with Crippen molar-refractivity contribution in [2.45, 2.75) is 31.3 Å². The molecule has 0 aromatic carbocycles. The van der Waals surface area contributed by atoms with Gasteiger partial charge in [0.15, 0.2) is 0 Å². The highest BCUT2D eigenvalue weighted by atomic mass is 35.5. The Morgan fingerprint density at radius 3 is 2.43 bits per heavy atom. The van der Waals surface area contributed by atoms with E-state index in [1.807, 2.05) is 0 Å². The van der Waals surface area contributed by atoms with Crippen LogP contribution in [0, 0.1) is 11.8 Å². The van der Waals surface area contributed by atoms with Crippen molar-refractivity contribution < 1.29 is 0 Å². The van der Waals surface area contributed by atoms with E-state index in [1.54, 1.807) is 0 Å². The number of nitrogens with two attached hydrogens (primary N) is 1. The second kappa shape index (κ2) is 2.94. The van der Waals surface area contributed by atoms with E-state index in [4.69, 9.17) is 17.4 Å². The van der Waals surface area contributed by atoms with Gasteiger partial charge in [-0.25, -0.2) is 15.8 Å². The van der Waals surface area contributed by atoms with Gasteiger partial charge in [-0.05, 0) is 25.7 Å². The third-order valence-electron chi connectivity index (χ3n) is 2.85. The molecule has 1 aliphatic heterocycles. The summed E-state index contributed by atoms with van der Waals surface area (Å²) in [6.07, 6.45) is 4.78. The van der Waals surface area contributed by atoms with E-state index in [-0.39, 0.29) is 0 Å². The van der Waals surface area contributed by atoms with Crippen LogP contribution in [0.25, 0.3) is 0 Å². The van der Waals surface area contributed by atoms with Gasteiger partial charge in [0.2, 0.25) is 5.62 Å². The van der Waals surface area contributed by atoms with Gasteiger partial charge >= 0.3 is 0 Å². The lowest BCUT2D eigenvalue weighted by Crippen LogP contribution is -2.46. The van der Waals surface area contributed by atoms with Crippen molar-refractivity contribution in [1.29, 1.82) is 0 Å². The SMILES string of the molecule is NN1C(C2CC2)=NC(C2CC2)=NC1Cl. The summed E-state index contributed by atoms with van der Waals surface area (Å²) in [6.45, 7) is 0. The minimum absolute atomic E-state index is 0.446. The molecule has 0 spiro atoms. The fourth-order valence-corrected chi connectivity index (χ4v) is 1.87. The van der Waals surface area contributed by atoms with Gasteiger partial charge in [-0.2, -0.15) is 0 Å². The van der Waals surface area contributed by atoms with Gasteiger partial charge in [0.1, 0.15) is 11.7 Å². The third-order valence-corrected chi connectivity index (χ3v) is 3.15. The zero-order chi connectivity index (χ0) is 9.71. The molecular formula is C9H13ClN4. The van der Waals surface area contributed by atoms with Crippen LogP contribution in [-0.4, -0.2) is 22.3 Å². The highest BCUT2D eigenvalue weighted by Gasteiger charge is 2.38. The molecule has 76 valence electrons. The molecule has 2 fully saturated rings. The van der Waals surface area contributed by atoms with E-state index in [0.29, 0.717) is 11.8 Å². The van der Waals surface area contributed by atoms with Crippen molar-refractivity contribution >= 4 is 23.3 Å². The maximum atomic E-state index is 6.03. The first-order valence-electron chi connectivity index (χ1n) is 5.10. The standard InChI is InChI=1S/C9H13ClN4/c10-9-13-7(5-1-2-5)12-8(14(9)11)6-3-4-6/h5-6,9H,1-4,11H2. The number of nitrogens with zero attached hydrogens (tertiary/aromatic N) is 3. The predicted molar refractivity (Wildman–Crippen MR) is 56.0 cm³/mol. The van der Waals surface area contributed by atoms with Crippen LogP contribution in [0.5, 0.6) is 0 Å². The summed E-state index contributed by atoms with van der Waals surface area (Å²) in [5.74, 6) is 8.77. The van der Waals surface area contributed by atoms with Crippen molar-refractivity contribution in [2.24, 2.45) is 27.7 Å². The maximum Gasteiger partial charge on any atom is 0.213 e. The van der Waals surface area contributed by atoms with Crippen molar-refractivity contribution in [2.75, 3.05) is 0 Å². The summed E-state index contributed by atoms with van der Waals surface area (Å²) in [7, 11) is 0. The van der Waals surface area contributed by atoms with Crippen LogP contribution in [0.2, 0.25) is 0 Å². The zero-order valence-electron chi connectivity index (χ0n) is 7.86. The molecule has 3 aliphatic rings. The Hall–Kier alpha value is -0.610. The lowest BCUT2D eigenvalue weighted by Gasteiger charge is -2.27. The van der Waals surface area contributed by atoms with Gasteiger partial charge in [0.25, 0.3) is 0 Å². The summed E-state index contributed by atoms with van der Waals surface area (Å²) in [5.41, 5.74) is -0.446. The first kappa shape index (κ1) is 8.68. The van der Waals surface area contributed by atoms with E-state index in [9.17, 15) is 0 Å². The second-order valence-electron chi connectivity index (χ2n) is 4.22. The molecule has 2 N–H and O–H groups in total. The minimum Gasteiger partial charge on any atom is -0.259 e. The molecule has 2 saturated carbocycles. The normalized spacial score (nSPS) is 32.7. The minimum atomic E-state index is -0.446. The Labute approximate surface area is 87.8 Å². The number of hydrazine groups is 1. The van der Waals surface area contributed by atoms with E-state index in [0.717, 1.165) is 11.7 Å². The molecule has 1 heterocycles. The fraction of sp³-hybridized carbons (Fsp3) is 0.778. The van der Waals surface area contributed by atoms with Gasteiger partial charge in [-0.15, -0.1) is 0 Å². The second-order valence-corrected chi connectivity index (χ2v) is 4.61. The van der Waals surface area contributed by atoms with Gasteiger partial charge in [0, 0.05) is 11.8 Å². The molecule has 0 saturated heterocycles. The molecule has 3 rings (SSSR count). The average molecular weight is 213 g/mol. The summed E-state index contributed by atoms with van der Waals surface area (Å²) >= 11 is 6.03. The quantitative estimate of drug-likeness (QED) is 0.426. The van der Waals surface area contributed by atoms with Gasteiger partial charge in [0.05, 0.1) is 0 Å². The highest BCUT2D eigenvalue weighted by molar-refractivity contribution is 6.23. The fourth-order valence-electron chi connectivity index (χ4n) is 1.67. The first-order chi connectivity index (χ1) is 6.75. The lowest BCUT2D eigenvalue weighted by molar-refractivity contribution is 0.397. The number of halogens is 1. The van der Waals surface area contributed by atoms with Gasteiger partial charge in [-0.3, -0.25) is 5.01 Å². The van der Waals surface area contributed by atoms with Gasteiger partial charge in [-0.1, -0.05) is 11.6 Å². The van der Waals surface area contributed by atoms with Crippen molar-refractivity contribution in [3.8, 4) is 0 Å². The molecule has 0 bridgehead atoms. The van der Waals surface area contributed by atoms with Crippen molar-refractivity contribution in [3.05, 3.63) is 0 Å². The molecule has 0 aromatic heterocycles. The largest absolute Gasteiger partial charge is 0.259 e. The van der Waals surface area contributed by atoms with Crippen LogP contribution < -0.4 is 5.84 Å². The van der Waals surface area contributed by atoms with E-state index >= 15 is 0 Å². The summed E-state index contributed by atoms with van der Waals surface area (Å²) in [6, 6.07) is 0. The Bertz CT molecular complexity index is 317. The van der Waals surface area contributed by atoms with E-state index in [1.165, 1.54) is 30.7 Å². The Morgan fingerprint density at radius 2 is 1.86 bits per heavy atom. The van der Waals surface area contributed by atoms with Crippen molar-refractivity contribution in [3.63, 3.8) is 0 Å². The number of rotatable bonds is 2. The van der Waals surface area contributed by atoms with Crippen LogP contribution in [0.1, 0.15) is 25.7 Å². The van der Waals surface area contributed by atoms with Crippen LogP contribution >= 0.6 is 11.6 Å². The zero-order valence-corrected chi connectivity index (χ0v) is 8.61. The monoisotopic (exact) mass is 212 g/mol. The topological polar surface area (TPSA) is 54.0 Å². The first-order valence-corrected chi connectivity index (χ1v) is 5.53. The molecule has 14 heavy (non-hydrogen) atoms.